The SMILES string of the molecule is CN=C(NCc1cccc(N2CC=CC2)c1)NC(C)c1ccc(OC)c(F)c1.I. The molecule has 1 atom stereocenters. The molecule has 0 aliphatic carbocycles. The van der Waals surface area contributed by atoms with Gasteiger partial charge in [-0.2, -0.15) is 0 Å². The average Bonchev–Trinajstić information content (AvgIpc) is 3.26. The molecule has 3 rings (SSSR count). The first-order valence-electron chi connectivity index (χ1n) is 9.40. The smallest absolute Gasteiger partial charge is 0.191 e. The summed E-state index contributed by atoms with van der Waals surface area (Å²) in [6, 6.07) is 13.3. The predicted octanol–water partition coefficient (Wildman–Crippen LogP) is 4.25. The van der Waals surface area contributed by atoms with Crippen LogP contribution in [0.25, 0.3) is 0 Å². The number of methoxy groups -OCH3 is 1. The highest BCUT2D eigenvalue weighted by Gasteiger charge is 2.12. The average molecular weight is 510 g/mol. The lowest BCUT2D eigenvalue weighted by Crippen LogP contribution is -2.38. The van der Waals surface area contributed by atoms with Gasteiger partial charge in [0.05, 0.1) is 13.2 Å². The van der Waals surface area contributed by atoms with Gasteiger partial charge in [0.25, 0.3) is 0 Å². The summed E-state index contributed by atoms with van der Waals surface area (Å²) in [6.45, 7) is 4.53. The first kappa shape index (κ1) is 23.0. The molecule has 1 aliphatic heterocycles. The molecule has 0 bridgehead atoms. The van der Waals surface area contributed by atoms with Gasteiger partial charge in [-0.1, -0.05) is 30.4 Å². The van der Waals surface area contributed by atoms with E-state index in [2.05, 4.69) is 56.9 Å². The van der Waals surface area contributed by atoms with Crippen LogP contribution in [0.15, 0.2) is 59.6 Å². The number of guanidine groups is 1. The van der Waals surface area contributed by atoms with E-state index in [1.54, 1.807) is 13.1 Å². The van der Waals surface area contributed by atoms with E-state index in [0.29, 0.717) is 12.5 Å². The van der Waals surface area contributed by atoms with Crippen LogP contribution in [0.4, 0.5) is 10.1 Å². The van der Waals surface area contributed by atoms with Crippen LogP contribution in [0.1, 0.15) is 24.1 Å². The fraction of sp³-hybridized carbons (Fsp3) is 0.318. The van der Waals surface area contributed by atoms with Crippen LogP contribution < -0.4 is 20.3 Å². The van der Waals surface area contributed by atoms with Gasteiger partial charge in [0.15, 0.2) is 17.5 Å². The number of halogens is 2. The number of ether oxygens (including phenoxy) is 1. The molecule has 1 aliphatic rings. The van der Waals surface area contributed by atoms with Crippen molar-refractivity contribution in [1.29, 1.82) is 0 Å². The molecule has 0 fully saturated rings. The zero-order valence-electron chi connectivity index (χ0n) is 17.0. The second-order valence-electron chi connectivity index (χ2n) is 6.73. The molecule has 2 N–H and O–H groups in total. The molecular formula is C22H28FIN4O. The molecule has 1 unspecified atom stereocenters. The Morgan fingerprint density at radius 3 is 2.62 bits per heavy atom. The lowest BCUT2D eigenvalue weighted by atomic mass is 10.1. The molecule has 0 radical (unpaired) electrons. The van der Waals surface area contributed by atoms with Gasteiger partial charge in [0.2, 0.25) is 0 Å². The maximum absolute atomic E-state index is 14.0. The molecule has 2 aromatic carbocycles. The number of aliphatic imine (C=N–C) groups is 1. The minimum Gasteiger partial charge on any atom is -0.494 e. The summed E-state index contributed by atoms with van der Waals surface area (Å²) in [5.41, 5.74) is 3.22. The third-order valence-electron chi connectivity index (χ3n) is 4.81. The van der Waals surface area contributed by atoms with Crippen molar-refractivity contribution >= 4 is 35.6 Å². The first-order chi connectivity index (χ1) is 13.6. The molecule has 29 heavy (non-hydrogen) atoms. The molecule has 156 valence electrons. The van der Waals surface area contributed by atoms with E-state index < -0.39 is 0 Å². The van der Waals surface area contributed by atoms with Crippen molar-refractivity contribution in [2.45, 2.75) is 19.5 Å². The molecule has 0 amide bonds. The zero-order valence-corrected chi connectivity index (χ0v) is 19.3. The summed E-state index contributed by atoms with van der Waals surface area (Å²) < 4.78 is 18.9. The normalized spacial score (nSPS) is 14.3. The summed E-state index contributed by atoms with van der Waals surface area (Å²) in [4.78, 5) is 6.60. The monoisotopic (exact) mass is 510 g/mol. The van der Waals surface area contributed by atoms with E-state index in [1.807, 2.05) is 13.0 Å². The summed E-state index contributed by atoms with van der Waals surface area (Å²) >= 11 is 0. The first-order valence-corrected chi connectivity index (χ1v) is 9.40. The van der Waals surface area contributed by atoms with Crippen LogP contribution in [-0.4, -0.2) is 33.2 Å². The quantitative estimate of drug-likeness (QED) is 0.264. The van der Waals surface area contributed by atoms with Crippen LogP contribution in [0.3, 0.4) is 0 Å². The highest BCUT2D eigenvalue weighted by atomic mass is 127. The number of hydrogen-bond acceptors (Lipinski definition) is 3. The van der Waals surface area contributed by atoms with Crippen molar-refractivity contribution in [3.8, 4) is 5.75 Å². The second-order valence-corrected chi connectivity index (χ2v) is 6.73. The van der Waals surface area contributed by atoms with E-state index in [0.717, 1.165) is 18.7 Å². The predicted molar refractivity (Wildman–Crippen MR) is 128 cm³/mol. The van der Waals surface area contributed by atoms with E-state index in [9.17, 15) is 4.39 Å². The fourth-order valence-corrected chi connectivity index (χ4v) is 3.17. The summed E-state index contributed by atoms with van der Waals surface area (Å²) in [5.74, 6) is 0.535. The summed E-state index contributed by atoms with van der Waals surface area (Å²) in [5, 5.41) is 6.63. The topological polar surface area (TPSA) is 48.9 Å². The van der Waals surface area contributed by atoms with Gasteiger partial charge in [0.1, 0.15) is 0 Å². The fourth-order valence-electron chi connectivity index (χ4n) is 3.17. The maximum atomic E-state index is 14.0. The maximum Gasteiger partial charge on any atom is 0.191 e. The molecule has 0 spiro atoms. The molecular weight excluding hydrogens is 482 g/mol. The minimum atomic E-state index is -0.371. The Kier molecular flexibility index (Phi) is 8.75. The van der Waals surface area contributed by atoms with Crippen LogP contribution in [0.2, 0.25) is 0 Å². The van der Waals surface area contributed by atoms with Crippen molar-refractivity contribution in [1.82, 2.24) is 10.6 Å². The van der Waals surface area contributed by atoms with Crippen LogP contribution >= 0.6 is 24.0 Å². The summed E-state index contributed by atoms with van der Waals surface area (Å²) in [7, 11) is 3.18. The van der Waals surface area contributed by atoms with E-state index in [1.165, 1.54) is 24.4 Å². The van der Waals surface area contributed by atoms with Gasteiger partial charge in [-0.3, -0.25) is 4.99 Å². The molecule has 2 aromatic rings. The van der Waals surface area contributed by atoms with Gasteiger partial charge < -0.3 is 20.3 Å². The number of anilines is 1. The van der Waals surface area contributed by atoms with E-state index in [4.69, 9.17) is 4.74 Å². The van der Waals surface area contributed by atoms with Gasteiger partial charge in [-0.15, -0.1) is 24.0 Å². The lowest BCUT2D eigenvalue weighted by Gasteiger charge is -2.20. The third kappa shape index (κ3) is 6.09. The number of rotatable bonds is 6. The Hall–Kier alpha value is -2.29. The third-order valence-corrected chi connectivity index (χ3v) is 4.81. The van der Waals surface area contributed by atoms with Crippen LogP contribution in [0, 0.1) is 5.82 Å². The minimum absolute atomic E-state index is 0. The van der Waals surface area contributed by atoms with Gasteiger partial charge in [-0.25, -0.2) is 4.39 Å². The molecule has 7 heteroatoms. The van der Waals surface area contributed by atoms with Gasteiger partial charge >= 0.3 is 0 Å². The molecule has 1 heterocycles. The summed E-state index contributed by atoms with van der Waals surface area (Å²) in [6.07, 6.45) is 4.36. The number of nitrogens with one attached hydrogen (secondary N) is 2. The zero-order chi connectivity index (χ0) is 19.9. The van der Waals surface area contributed by atoms with Crippen LogP contribution in [-0.2, 0) is 6.54 Å². The van der Waals surface area contributed by atoms with Crippen molar-refractivity contribution < 1.29 is 9.13 Å². The Morgan fingerprint density at radius 2 is 1.97 bits per heavy atom. The Balaban J connectivity index is 0.00000300. The van der Waals surface area contributed by atoms with Crippen molar-refractivity contribution in [3.63, 3.8) is 0 Å². The van der Waals surface area contributed by atoms with Crippen LogP contribution in [0.5, 0.6) is 5.75 Å². The molecule has 0 aromatic heterocycles. The highest BCUT2D eigenvalue weighted by molar-refractivity contribution is 14.0. The molecule has 0 saturated carbocycles. The van der Waals surface area contributed by atoms with E-state index in [-0.39, 0.29) is 41.6 Å². The lowest BCUT2D eigenvalue weighted by molar-refractivity contribution is 0.386. The number of benzene rings is 2. The second kappa shape index (κ2) is 11.0. The molecule has 5 nitrogen and oxygen atoms in total. The van der Waals surface area contributed by atoms with Gasteiger partial charge in [0, 0.05) is 32.4 Å². The molecule has 0 saturated heterocycles. The standard InChI is InChI=1S/C22H27FN4O.HI/c1-16(18-9-10-21(28-3)20(23)14-18)26-22(24-2)25-15-17-7-6-8-19(13-17)27-11-4-5-12-27;/h4-10,13-14,16H,11-12,15H2,1-3H3,(H2,24,25,26);1H. The Morgan fingerprint density at radius 1 is 1.21 bits per heavy atom. The van der Waals surface area contributed by atoms with Crippen molar-refractivity contribution in [3.05, 3.63) is 71.6 Å². The highest BCUT2D eigenvalue weighted by Crippen LogP contribution is 2.22. The van der Waals surface area contributed by atoms with Crippen molar-refractivity contribution in [2.24, 2.45) is 4.99 Å². The largest absolute Gasteiger partial charge is 0.494 e. The number of nitrogens with zero attached hydrogens (tertiary/aromatic N) is 2. The number of hydrogen-bond donors (Lipinski definition) is 2. The Labute approximate surface area is 189 Å². The van der Waals surface area contributed by atoms with Crippen molar-refractivity contribution in [2.75, 3.05) is 32.1 Å². The van der Waals surface area contributed by atoms with E-state index >= 15 is 0 Å². The van der Waals surface area contributed by atoms with Gasteiger partial charge in [-0.05, 0) is 42.3 Å². The Bertz CT molecular complexity index is 864.